The van der Waals surface area contributed by atoms with Gasteiger partial charge >= 0.3 is 0 Å². The van der Waals surface area contributed by atoms with Gasteiger partial charge in [-0.15, -0.1) is 24.0 Å². The molecule has 2 fully saturated rings. The lowest BCUT2D eigenvalue weighted by molar-refractivity contribution is 0.299. The molecule has 5 heteroatoms. The number of aliphatic imine (C=N–C) groups is 1. The smallest absolute Gasteiger partial charge is 0.193 e. The molecule has 0 spiro atoms. The molecule has 22 heavy (non-hydrogen) atoms. The minimum Gasteiger partial charge on any atom is -0.351 e. The van der Waals surface area contributed by atoms with Gasteiger partial charge in [0.25, 0.3) is 0 Å². The molecular formula is C17H27IN4. The Morgan fingerprint density at radius 3 is 2.59 bits per heavy atom. The molecule has 0 bridgehead atoms. The third-order valence-corrected chi connectivity index (χ3v) is 5.02. The van der Waals surface area contributed by atoms with Crippen molar-refractivity contribution in [1.29, 1.82) is 0 Å². The van der Waals surface area contributed by atoms with Gasteiger partial charge < -0.3 is 10.2 Å². The zero-order chi connectivity index (χ0) is 14.7. The Labute approximate surface area is 150 Å². The lowest BCUT2D eigenvalue weighted by atomic mass is 9.82. The van der Waals surface area contributed by atoms with Crippen molar-refractivity contribution in [1.82, 2.24) is 15.2 Å². The molecule has 1 aromatic heterocycles. The van der Waals surface area contributed by atoms with Crippen LogP contribution in [0.15, 0.2) is 23.3 Å². The molecule has 1 aliphatic carbocycles. The molecule has 1 aliphatic heterocycles. The van der Waals surface area contributed by atoms with Crippen molar-refractivity contribution < 1.29 is 0 Å². The molecule has 2 unspecified atom stereocenters. The highest BCUT2D eigenvalue weighted by atomic mass is 127. The lowest BCUT2D eigenvalue weighted by Crippen LogP contribution is -2.40. The summed E-state index contributed by atoms with van der Waals surface area (Å²) in [7, 11) is 1.88. The van der Waals surface area contributed by atoms with Crippen LogP contribution in [0.4, 0.5) is 0 Å². The van der Waals surface area contributed by atoms with Crippen LogP contribution >= 0.6 is 24.0 Å². The highest BCUT2D eigenvalue weighted by molar-refractivity contribution is 14.0. The topological polar surface area (TPSA) is 40.5 Å². The highest BCUT2D eigenvalue weighted by Crippen LogP contribution is 2.35. The Bertz CT molecular complexity index is 503. The van der Waals surface area contributed by atoms with Gasteiger partial charge in [-0.2, -0.15) is 0 Å². The number of pyridine rings is 1. The summed E-state index contributed by atoms with van der Waals surface area (Å²) in [5.41, 5.74) is 2.34. The fraction of sp³-hybridized carbons (Fsp3) is 0.647. The predicted molar refractivity (Wildman–Crippen MR) is 102 cm³/mol. The van der Waals surface area contributed by atoms with Gasteiger partial charge in [0.15, 0.2) is 5.96 Å². The molecule has 0 radical (unpaired) electrons. The zero-order valence-corrected chi connectivity index (χ0v) is 15.9. The molecule has 1 saturated heterocycles. The second kappa shape index (κ2) is 8.13. The molecule has 4 nitrogen and oxygen atoms in total. The maximum atomic E-state index is 4.48. The molecule has 0 aromatic carbocycles. The van der Waals surface area contributed by atoms with Crippen molar-refractivity contribution >= 4 is 29.9 Å². The summed E-state index contributed by atoms with van der Waals surface area (Å²) in [6, 6.07) is 4.09. The van der Waals surface area contributed by atoms with E-state index in [9.17, 15) is 0 Å². The lowest BCUT2D eigenvalue weighted by Gasteiger charge is -2.22. The van der Waals surface area contributed by atoms with E-state index in [1.54, 1.807) is 0 Å². The van der Waals surface area contributed by atoms with Crippen LogP contribution in [0.3, 0.4) is 0 Å². The van der Waals surface area contributed by atoms with Gasteiger partial charge in [0.05, 0.1) is 12.2 Å². The first-order valence-corrected chi connectivity index (χ1v) is 8.14. The van der Waals surface area contributed by atoms with Crippen LogP contribution in [0.1, 0.15) is 36.9 Å². The zero-order valence-electron chi connectivity index (χ0n) is 13.6. The number of guanidine groups is 1. The fourth-order valence-corrected chi connectivity index (χ4v) is 3.78. The fourth-order valence-electron chi connectivity index (χ4n) is 3.78. The van der Waals surface area contributed by atoms with Crippen molar-refractivity contribution in [2.24, 2.45) is 16.8 Å². The molecule has 2 heterocycles. The quantitative estimate of drug-likeness (QED) is 0.459. The minimum atomic E-state index is 0. The third kappa shape index (κ3) is 3.91. The van der Waals surface area contributed by atoms with Crippen LogP contribution in [0.25, 0.3) is 0 Å². The molecule has 0 amide bonds. The monoisotopic (exact) mass is 414 g/mol. The second-order valence-electron chi connectivity index (χ2n) is 6.38. The van der Waals surface area contributed by atoms with E-state index in [1.165, 1.54) is 44.3 Å². The molecule has 3 rings (SSSR count). The van der Waals surface area contributed by atoms with Crippen molar-refractivity contribution in [2.75, 3.05) is 20.1 Å². The van der Waals surface area contributed by atoms with Crippen molar-refractivity contribution in [2.45, 2.75) is 39.2 Å². The SMILES string of the molecule is CN=C(NCc1ncccc1C)N1CC2CCCCC2C1.I. The summed E-state index contributed by atoms with van der Waals surface area (Å²) in [5, 5.41) is 3.49. The average Bonchev–Trinajstić information content (AvgIpc) is 2.93. The number of nitrogens with zero attached hydrogens (tertiary/aromatic N) is 3. The van der Waals surface area contributed by atoms with Crippen LogP contribution in [-0.4, -0.2) is 36.0 Å². The van der Waals surface area contributed by atoms with Gasteiger partial charge in [0.2, 0.25) is 0 Å². The normalized spacial score (nSPS) is 24.6. The number of aryl methyl sites for hydroxylation is 1. The summed E-state index contributed by atoms with van der Waals surface area (Å²) in [5.74, 6) is 2.80. The summed E-state index contributed by atoms with van der Waals surface area (Å²) in [6.45, 7) is 5.21. The first-order valence-electron chi connectivity index (χ1n) is 8.14. The first-order chi connectivity index (χ1) is 10.3. The van der Waals surface area contributed by atoms with Gasteiger partial charge in [-0.3, -0.25) is 9.98 Å². The molecule has 1 aromatic rings. The van der Waals surface area contributed by atoms with Crippen LogP contribution < -0.4 is 5.32 Å². The molecule has 1 N–H and O–H groups in total. The minimum absolute atomic E-state index is 0. The van der Waals surface area contributed by atoms with Gasteiger partial charge in [-0.25, -0.2) is 0 Å². The van der Waals surface area contributed by atoms with Crippen LogP contribution in [-0.2, 0) is 6.54 Å². The van der Waals surface area contributed by atoms with Gasteiger partial charge in [0, 0.05) is 26.3 Å². The van der Waals surface area contributed by atoms with Gasteiger partial charge in [-0.05, 0) is 43.2 Å². The summed E-state index contributed by atoms with van der Waals surface area (Å²) in [6.07, 6.45) is 7.48. The average molecular weight is 414 g/mol. The maximum Gasteiger partial charge on any atom is 0.193 e. The van der Waals surface area contributed by atoms with Crippen molar-refractivity contribution in [3.8, 4) is 0 Å². The second-order valence-corrected chi connectivity index (χ2v) is 6.38. The van der Waals surface area contributed by atoms with E-state index in [2.05, 4.69) is 33.2 Å². The Hall–Kier alpha value is -0.850. The van der Waals surface area contributed by atoms with Crippen molar-refractivity contribution in [3.63, 3.8) is 0 Å². The Morgan fingerprint density at radius 1 is 1.32 bits per heavy atom. The van der Waals surface area contributed by atoms with E-state index in [-0.39, 0.29) is 24.0 Å². The van der Waals surface area contributed by atoms with Crippen LogP contribution in [0.5, 0.6) is 0 Å². The summed E-state index contributed by atoms with van der Waals surface area (Å²) < 4.78 is 0. The van der Waals surface area contributed by atoms with Gasteiger partial charge in [-0.1, -0.05) is 18.9 Å². The van der Waals surface area contributed by atoms with E-state index in [1.807, 2.05) is 19.3 Å². The maximum absolute atomic E-state index is 4.48. The number of nitrogens with one attached hydrogen (secondary N) is 1. The standard InChI is InChI=1S/C17H26N4.HI/c1-13-6-5-9-19-16(13)10-20-17(18-2)21-11-14-7-3-4-8-15(14)12-21;/h5-6,9,14-15H,3-4,7-8,10-12H2,1-2H3,(H,18,20);1H. The molecule has 122 valence electrons. The number of rotatable bonds is 2. The third-order valence-electron chi connectivity index (χ3n) is 5.02. The van der Waals surface area contributed by atoms with Crippen LogP contribution in [0, 0.1) is 18.8 Å². The molecule has 2 atom stereocenters. The van der Waals surface area contributed by atoms with E-state index in [0.717, 1.165) is 30.0 Å². The summed E-state index contributed by atoms with van der Waals surface area (Å²) in [4.78, 5) is 11.4. The molecule has 2 aliphatic rings. The van der Waals surface area contributed by atoms with E-state index in [0.29, 0.717) is 0 Å². The first kappa shape index (κ1) is 17.5. The number of fused-ring (bicyclic) bond motifs is 1. The molecular weight excluding hydrogens is 387 g/mol. The summed E-state index contributed by atoms with van der Waals surface area (Å²) >= 11 is 0. The Kier molecular flexibility index (Phi) is 6.47. The molecule has 1 saturated carbocycles. The number of halogens is 1. The van der Waals surface area contributed by atoms with Gasteiger partial charge in [0.1, 0.15) is 0 Å². The number of aromatic nitrogens is 1. The van der Waals surface area contributed by atoms with E-state index < -0.39 is 0 Å². The van der Waals surface area contributed by atoms with Crippen molar-refractivity contribution in [3.05, 3.63) is 29.6 Å². The predicted octanol–water partition coefficient (Wildman–Crippen LogP) is 3.21. The Balaban J connectivity index is 0.00000176. The number of hydrogen-bond acceptors (Lipinski definition) is 2. The Morgan fingerprint density at radius 2 is 2.00 bits per heavy atom. The largest absolute Gasteiger partial charge is 0.351 e. The van der Waals surface area contributed by atoms with E-state index in [4.69, 9.17) is 0 Å². The number of likely N-dealkylation sites (tertiary alicyclic amines) is 1. The van der Waals surface area contributed by atoms with E-state index >= 15 is 0 Å². The van der Waals surface area contributed by atoms with Crippen LogP contribution in [0.2, 0.25) is 0 Å². The highest BCUT2D eigenvalue weighted by Gasteiger charge is 2.35. The number of hydrogen-bond donors (Lipinski definition) is 1.